The second-order valence-corrected chi connectivity index (χ2v) is 8.54. The van der Waals surface area contributed by atoms with Gasteiger partial charge in [-0.25, -0.2) is 0 Å². The van der Waals surface area contributed by atoms with E-state index in [0.717, 1.165) is 42.8 Å². The second-order valence-electron chi connectivity index (χ2n) is 8.54. The molecule has 0 spiro atoms. The highest BCUT2D eigenvalue weighted by molar-refractivity contribution is 5.79. The number of amides is 1. The number of anilines is 1. The van der Waals surface area contributed by atoms with Crippen molar-refractivity contribution in [3.63, 3.8) is 0 Å². The Balaban J connectivity index is 1.41. The molecule has 1 N–H and O–H groups in total. The van der Waals surface area contributed by atoms with Crippen LogP contribution in [-0.2, 0) is 17.8 Å². The minimum absolute atomic E-state index is 0.0436. The third kappa shape index (κ3) is 5.65. The zero-order valence-electron chi connectivity index (χ0n) is 19.9. The van der Waals surface area contributed by atoms with Gasteiger partial charge < -0.3 is 15.0 Å². The van der Waals surface area contributed by atoms with Crippen molar-refractivity contribution in [1.29, 1.82) is 0 Å². The quantitative estimate of drug-likeness (QED) is 0.554. The Morgan fingerprint density at radius 2 is 1.76 bits per heavy atom. The second kappa shape index (κ2) is 11.0. The molecule has 4 rings (SSSR count). The van der Waals surface area contributed by atoms with Gasteiger partial charge in [-0.15, -0.1) is 5.10 Å². The van der Waals surface area contributed by atoms with Crippen molar-refractivity contribution in [1.82, 2.24) is 15.1 Å². The minimum Gasteiger partial charge on any atom is -0.494 e. The summed E-state index contributed by atoms with van der Waals surface area (Å²) in [5, 5.41) is 7.69. The number of nitrogens with zero attached hydrogens (tertiary/aromatic N) is 3. The fraction of sp³-hybridized carbons (Fsp3) is 0.370. The van der Waals surface area contributed by atoms with Gasteiger partial charge in [-0.2, -0.15) is 4.68 Å². The molecule has 0 aliphatic carbocycles. The highest BCUT2D eigenvalue weighted by Gasteiger charge is 2.26. The van der Waals surface area contributed by atoms with E-state index in [1.807, 2.05) is 55.5 Å². The Hall–Kier alpha value is -3.61. The molecule has 1 aliphatic heterocycles. The molecule has 178 valence electrons. The van der Waals surface area contributed by atoms with Crippen LogP contribution in [0.3, 0.4) is 0 Å². The van der Waals surface area contributed by atoms with Gasteiger partial charge in [-0.1, -0.05) is 31.2 Å². The number of aryl methyl sites for hydroxylation is 1. The fourth-order valence-electron chi connectivity index (χ4n) is 4.23. The first-order valence-corrected chi connectivity index (χ1v) is 12.0. The molecule has 1 saturated heterocycles. The average Bonchev–Trinajstić information content (AvgIpc) is 2.89. The third-order valence-corrected chi connectivity index (χ3v) is 6.19. The first-order chi connectivity index (χ1) is 16.6. The predicted molar refractivity (Wildman–Crippen MR) is 134 cm³/mol. The molecule has 1 amide bonds. The molecular weight excluding hydrogens is 428 g/mol. The van der Waals surface area contributed by atoms with Gasteiger partial charge in [0, 0.05) is 25.7 Å². The van der Waals surface area contributed by atoms with Gasteiger partial charge in [0.25, 0.3) is 5.56 Å². The Morgan fingerprint density at radius 1 is 1.03 bits per heavy atom. The summed E-state index contributed by atoms with van der Waals surface area (Å²) in [5.41, 5.74) is 2.82. The lowest BCUT2D eigenvalue weighted by Crippen LogP contribution is -2.43. The molecule has 0 saturated carbocycles. The Morgan fingerprint density at radius 3 is 2.47 bits per heavy atom. The lowest BCUT2D eigenvalue weighted by Gasteiger charge is -2.33. The number of rotatable bonds is 8. The number of ether oxygens (including phenoxy) is 1. The maximum Gasteiger partial charge on any atom is 0.271 e. The zero-order valence-corrected chi connectivity index (χ0v) is 19.9. The highest BCUT2D eigenvalue weighted by atomic mass is 16.5. The van der Waals surface area contributed by atoms with Crippen molar-refractivity contribution in [3.05, 3.63) is 82.1 Å². The van der Waals surface area contributed by atoms with Crippen LogP contribution in [0.25, 0.3) is 5.69 Å². The van der Waals surface area contributed by atoms with Gasteiger partial charge in [0.2, 0.25) is 5.91 Å². The van der Waals surface area contributed by atoms with Crippen molar-refractivity contribution in [3.8, 4) is 11.4 Å². The average molecular weight is 461 g/mol. The van der Waals surface area contributed by atoms with Crippen molar-refractivity contribution in [2.24, 2.45) is 5.92 Å². The summed E-state index contributed by atoms with van der Waals surface area (Å²) in [6, 6.07) is 19.0. The lowest BCUT2D eigenvalue weighted by atomic mass is 9.97. The number of nitrogens with one attached hydrogen (secondary N) is 1. The fourth-order valence-corrected chi connectivity index (χ4v) is 4.23. The third-order valence-electron chi connectivity index (χ3n) is 6.19. The van der Waals surface area contributed by atoms with Crippen molar-refractivity contribution < 1.29 is 9.53 Å². The van der Waals surface area contributed by atoms with Crippen LogP contribution in [0, 0.1) is 5.92 Å². The van der Waals surface area contributed by atoms with Gasteiger partial charge in [-0.05, 0) is 67.6 Å². The summed E-state index contributed by atoms with van der Waals surface area (Å²) < 4.78 is 6.90. The molecule has 1 aliphatic rings. The topological polar surface area (TPSA) is 76.5 Å². The van der Waals surface area contributed by atoms with E-state index in [1.54, 1.807) is 12.1 Å². The molecule has 0 unspecified atom stereocenters. The summed E-state index contributed by atoms with van der Waals surface area (Å²) in [6.45, 7) is 6.55. The Labute approximate surface area is 200 Å². The number of piperidine rings is 1. The summed E-state index contributed by atoms with van der Waals surface area (Å²) in [4.78, 5) is 27.4. The number of benzene rings is 2. The molecule has 2 heterocycles. The summed E-state index contributed by atoms with van der Waals surface area (Å²) in [5.74, 6) is 1.46. The van der Waals surface area contributed by atoms with Gasteiger partial charge in [0.05, 0.1) is 18.2 Å². The van der Waals surface area contributed by atoms with E-state index in [-0.39, 0.29) is 17.4 Å². The largest absolute Gasteiger partial charge is 0.494 e. The Kier molecular flexibility index (Phi) is 7.62. The summed E-state index contributed by atoms with van der Waals surface area (Å²) >= 11 is 0. The molecular formula is C27H32N4O3. The van der Waals surface area contributed by atoms with Gasteiger partial charge in [-0.3, -0.25) is 9.59 Å². The van der Waals surface area contributed by atoms with Crippen molar-refractivity contribution >= 4 is 11.7 Å². The zero-order chi connectivity index (χ0) is 23.9. The van der Waals surface area contributed by atoms with Crippen LogP contribution in [0.2, 0.25) is 0 Å². The van der Waals surface area contributed by atoms with E-state index in [9.17, 15) is 9.59 Å². The van der Waals surface area contributed by atoms with Crippen LogP contribution in [-0.4, -0.2) is 35.4 Å². The molecule has 1 fully saturated rings. The van der Waals surface area contributed by atoms with E-state index in [4.69, 9.17) is 4.74 Å². The molecule has 1 aromatic heterocycles. The standard InChI is InChI=1S/C27H32N4O3/c1-3-20-7-11-23(12-8-20)31-26(32)16-15-25(29-31)30-17-5-6-22(19-30)27(33)28-18-21-9-13-24(14-10-21)34-4-2/h7-16,22H,3-6,17-19H2,1-2H3,(H,28,33)/t22-/m0/s1. The highest BCUT2D eigenvalue weighted by Crippen LogP contribution is 2.22. The number of hydrogen-bond acceptors (Lipinski definition) is 5. The van der Waals surface area contributed by atoms with Crippen LogP contribution in [0.1, 0.15) is 37.8 Å². The number of aromatic nitrogens is 2. The summed E-state index contributed by atoms with van der Waals surface area (Å²) in [7, 11) is 0. The number of hydrogen-bond donors (Lipinski definition) is 1. The summed E-state index contributed by atoms with van der Waals surface area (Å²) in [6.07, 6.45) is 2.68. The minimum atomic E-state index is -0.172. The number of carbonyl (C=O) groups excluding carboxylic acids is 1. The Bertz CT molecular complexity index is 1160. The lowest BCUT2D eigenvalue weighted by molar-refractivity contribution is -0.125. The molecule has 34 heavy (non-hydrogen) atoms. The predicted octanol–water partition coefficient (Wildman–Crippen LogP) is 3.73. The van der Waals surface area contributed by atoms with Crippen LogP contribution < -0.4 is 20.5 Å². The van der Waals surface area contributed by atoms with Crippen LogP contribution >= 0.6 is 0 Å². The molecule has 0 bridgehead atoms. The molecule has 2 aromatic carbocycles. The van der Waals surface area contributed by atoms with Gasteiger partial charge >= 0.3 is 0 Å². The van der Waals surface area contributed by atoms with E-state index >= 15 is 0 Å². The van der Waals surface area contributed by atoms with Crippen LogP contribution in [0.5, 0.6) is 5.75 Å². The van der Waals surface area contributed by atoms with E-state index in [0.29, 0.717) is 25.5 Å². The maximum atomic E-state index is 12.9. The van der Waals surface area contributed by atoms with Crippen LogP contribution in [0.4, 0.5) is 5.82 Å². The van der Waals surface area contributed by atoms with E-state index < -0.39 is 0 Å². The van der Waals surface area contributed by atoms with Crippen molar-refractivity contribution in [2.45, 2.75) is 39.7 Å². The van der Waals surface area contributed by atoms with Crippen molar-refractivity contribution in [2.75, 3.05) is 24.6 Å². The maximum absolute atomic E-state index is 12.9. The van der Waals surface area contributed by atoms with Gasteiger partial charge in [0.1, 0.15) is 11.6 Å². The molecule has 1 atom stereocenters. The number of carbonyl (C=O) groups is 1. The van der Waals surface area contributed by atoms with E-state index in [1.165, 1.54) is 10.2 Å². The molecule has 7 heteroatoms. The normalized spacial score (nSPS) is 15.7. The smallest absolute Gasteiger partial charge is 0.271 e. The molecule has 7 nitrogen and oxygen atoms in total. The monoisotopic (exact) mass is 460 g/mol. The SMILES string of the molecule is CCOc1ccc(CNC(=O)[C@H]2CCCN(c3ccc(=O)n(-c4ccc(CC)cc4)n3)C2)cc1. The van der Waals surface area contributed by atoms with Gasteiger partial charge in [0.15, 0.2) is 0 Å². The first kappa shape index (κ1) is 23.5. The first-order valence-electron chi connectivity index (χ1n) is 12.0. The van der Waals surface area contributed by atoms with E-state index in [2.05, 4.69) is 22.2 Å². The van der Waals surface area contributed by atoms with Crippen LogP contribution in [0.15, 0.2) is 65.5 Å². The molecule has 0 radical (unpaired) electrons. The molecule has 3 aromatic rings.